The van der Waals surface area contributed by atoms with Gasteiger partial charge in [-0.15, -0.1) is 10.2 Å². The third kappa shape index (κ3) is 5.33. The molecule has 0 saturated heterocycles. The summed E-state index contributed by atoms with van der Waals surface area (Å²) in [5.41, 5.74) is 3.03. The Hall–Kier alpha value is -3.00. The number of aryl methyl sites for hydroxylation is 2. The number of carbonyl (C=O) groups is 1. The highest BCUT2D eigenvalue weighted by molar-refractivity contribution is 5.94. The first kappa shape index (κ1) is 21.7. The third-order valence-corrected chi connectivity index (χ3v) is 4.65. The number of aromatic nitrogens is 4. The number of ether oxygens (including phenoxy) is 1. The van der Waals surface area contributed by atoms with Crippen molar-refractivity contribution in [1.29, 1.82) is 0 Å². The van der Waals surface area contributed by atoms with Gasteiger partial charge in [0.1, 0.15) is 5.69 Å². The Bertz CT molecular complexity index is 992. The lowest BCUT2D eigenvalue weighted by Crippen LogP contribution is -2.35. The smallest absolute Gasteiger partial charge is 0.268 e. The lowest BCUT2D eigenvalue weighted by Gasteiger charge is -2.14. The van der Waals surface area contributed by atoms with E-state index in [-0.39, 0.29) is 11.9 Å². The Labute approximate surface area is 176 Å². The number of hydrogen-bond donors (Lipinski definition) is 1. The molecule has 8 heteroatoms. The van der Waals surface area contributed by atoms with Gasteiger partial charge in [0.2, 0.25) is 5.89 Å². The molecule has 0 aliphatic heterocycles. The Morgan fingerprint density at radius 2 is 2.03 bits per heavy atom. The number of nitrogens with one attached hydrogen (secondary N) is 1. The molecule has 1 amide bonds. The molecule has 2 heterocycles. The van der Waals surface area contributed by atoms with E-state index in [2.05, 4.69) is 29.4 Å². The van der Waals surface area contributed by atoms with E-state index >= 15 is 0 Å². The van der Waals surface area contributed by atoms with Gasteiger partial charge < -0.3 is 14.5 Å². The Kier molecular flexibility index (Phi) is 6.99. The van der Waals surface area contributed by atoms with Gasteiger partial charge >= 0.3 is 0 Å². The summed E-state index contributed by atoms with van der Waals surface area (Å²) >= 11 is 0. The predicted molar refractivity (Wildman–Crippen MR) is 114 cm³/mol. The van der Waals surface area contributed by atoms with Crippen molar-refractivity contribution >= 4 is 5.91 Å². The van der Waals surface area contributed by atoms with Crippen molar-refractivity contribution < 1.29 is 13.9 Å². The topological polar surface area (TPSA) is 95.1 Å². The fourth-order valence-corrected chi connectivity index (χ4v) is 3.14. The zero-order valence-electron chi connectivity index (χ0n) is 18.2. The van der Waals surface area contributed by atoms with Crippen molar-refractivity contribution in [2.75, 3.05) is 13.7 Å². The van der Waals surface area contributed by atoms with Crippen LogP contribution in [0.2, 0.25) is 0 Å². The summed E-state index contributed by atoms with van der Waals surface area (Å²) < 4.78 is 12.5. The van der Waals surface area contributed by atoms with Crippen LogP contribution in [0.5, 0.6) is 0 Å². The van der Waals surface area contributed by atoms with Crippen molar-refractivity contribution in [2.45, 2.75) is 46.6 Å². The van der Waals surface area contributed by atoms with Gasteiger partial charge in [0.15, 0.2) is 0 Å². The van der Waals surface area contributed by atoms with E-state index in [1.54, 1.807) is 20.1 Å². The lowest BCUT2D eigenvalue weighted by molar-refractivity contribution is 0.0905. The average molecular weight is 412 g/mol. The van der Waals surface area contributed by atoms with Crippen LogP contribution in [0.3, 0.4) is 0 Å². The first-order valence-electron chi connectivity index (χ1n) is 10.2. The molecule has 3 aromatic rings. The van der Waals surface area contributed by atoms with Gasteiger partial charge in [-0.05, 0) is 49.9 Å². The number of amides is 1. The second kappa shape index (κ2) is 9.67. The van der Waals surface area contributed by atoms with E-state index in [0.29, 0.717) is 35.6 Å². The Morgan fingerprint density at radius 1 is 1.23 bits per heavy atom. The molecule has 0 fully saturated rings. The molecule has 0 saturated carbocycles. The van der Waals surface area contributed by atoms with Crippen LogP contribution in [0.4, 0.5) is 0 Å². The Morgan fingerprint density at radius 3 is 2.70 bits per heavy atom. The van der Waals surface area contributed by atoms with Crippen molar-refractivity contribution in [3.8, 4) is 17.3 Å². The van der Waals surface area contributed by atoms with Crippen LogP contribution in [0.25, 0.3) is 17.3 Å². The molecule has 1 atom stereocenters. The summed E-state index contributed by atoms with van der Waals surface area (Å²) in [7, 11) is 1.61. The molecule has 0 aliphatic rings. The van der Waals surface area contributed by atoms with Gasteiger partial charge in [0, 0.05) is 31.3 Å². The summed E-state index contributed by atoms with van der Waals surface area (Å²) in [4.78, 5) is 12.6. The minimum atomic E-state index is -0.148. The molecular formula is C22H29N5O3. The van der Waals surface area contributed by atoms with Crippen LogP contribution in [-0.2, 0) is 11.2 Å². The van der Waals surface area contributed by atoms with Gasteiger partial charge in [0.05, 0.1) is 12.3 Å². The SMILES string of the molecule is COC[C@H](C)NC(=O)c1cccc(-n2nc(-c3nnc(C)o3)cc2CCC(C)C)c1. The van der Waals surface area contributed by atoms with E-state index in [1.807, 2.05) is 35.9 Å². The lowest BCUT2D eigenvalue weighted by atomic mass is 10.1. The quantitative estimate of drug-likeness (QED) is 0.578. The van der Waals surface area contributed by atoms with E-state index in [9.17, 15) is 4.79 Å². The highest BCUT2D eigenvalue weighted by Crippen LogP contribution is 2.23. The molecule has 0 unspecified atom stereocenters. The highest BCUT2D eigenvalue weighted by Gasteiger charge is 2.17. The molecule has 8 nitrogen and oxygen atoms in total. The maximum atomic E-state index is 12.6. The molecule has 0 spiro atoms. The van der Waals surface area contributed by atoms with Crippen LogP contribution >= 0.6 is 0 Å². The molecule has 1 N–H and O–H groups in total. The minimum absolute atomic E-state index is 0.0789. The number of carbonyl (C=O) groups excluding carboxylic acids is 1. The summed E-state index contributed by atoms with van der Waals surface area (Å²) in [6.45, 7) is 8.49. The van der Waals surface area contributed by atoms with Crippen molar-refractivity contribution in [1.82, 2.24) is 25.3 Å². The molecule has 0 aliphatic carbocycles. The zero-order valence-corrected chi connectivity index (χ0v) is 18.2. The summed E-state index contributed by atoms with van der Waals surface area (Å²) in [5.74, 6) is 1.29. The maximum absolute atomic E-state index is 12.6. The minimum Gasteiger partial charge on any atom is -0.420 e. The van der Waals surface area contributed by atoms with Gasteiger partial charge in [0.25, 0.3) is 11.8 Å². The fraction of sp³-hybridized carbons (Fsp3) is 0.455. The molecule has 3 rings (SSSR count). The van der Waals surface area contributed by atoms with Crippen molar-refractivity contribution in [3.05, 3.63) is 47.5 Å². The summed E-state index contributed by atoms with van der Waals surface area (Å²) in [5, 5.41) is 15.6. The van der Waals surface area contributed by atoms with Crippen molar-refractivity contribution in [2.24, 2.45) is 5.92 Å². The molecular weight excluding hydrogens is 382 g/mol. The molecule has 0 radical (unpaired) electrons. The summed E-state index contributed by atoms with van der Waals surface area (Å²) in [6, 6.07) is 9.31. The number of hydrogen-bond acceptors (Lipinski definition) is 6. The van der Waals surface area contributed by atoms with E-state index in [4.69, 9.17) is 14.3 Å². The zero-order chi connectivity index (χ0) is 21.7. The molecule has 160 valence electrons. The first-order valence-corrected chi connectivity index (χ1v) is 10.2. The second-order valence-electron chi connectivity index (χ2n) is 7.87. The fourth-order valence-electron chi connectivity index (χ4n) is 3.14. The van der Waals surface area contributed by atoms with Crippen molar-refractivity contribution in [3.63, 3.8) is 0 Å². The second-order valence-corrected chi connectivity index (χ2v) is 7.87. The van der Waals surface area contributed by atoms with E-state index in [1.165, 1.54) is 0 Å². The van der Waals surface area contributed by atoms with Crippen LogP contribution in [0.15, 0.2) is 34.7 Å². The molecule has 30 heavy (non-hydrogen) atoms. The first-order chi connectivity index (χ1) is 14.4. The number of methoxy groups -OCH3 is 1. The van der Waals surface area contributed by atoms with Gasteiger partial charge in [-0.25, -0.2) is 4.68 Å². The molecule has 1 aromatic carbocycles. The molecule has 2 aromatic heterocycles. The van der Waals surface area contributed by atoms with Crippen LogP contribution in [0, 0.1) is 12.8 Å². The van der Waals surface area contributed by atoms with Crippen LogP contribution in [0.1, 0.15) is 49.1 Å². The van der Waals surface area contributed by atoms with E-state index in [0.717, 1.165) is 24.2 Å². The maximum Gasteiger partial charge on any atom is 0.268 e. The number of rotatable bonds is 9. The normalized spacial score (nSPS) is 12.3. The predicted octanol–water partition coefficient (Wildman–Crippen LogP) is 3.58. The number of benzene rings is 1. The van der Waals surface area contributed by atoms with Gasteiger partial charge in [-0.3, -0.25) is 4.79 Å². The third-order valence-electron chi connectivity index (χ3n) is 4.65. The van der Waals surface area contributed by atoms with Crippen LogP contribution < -0.4 is 5.32 Å². The largest absolute Gasteiger partial charge is 0.420 e. The highest BCUT2D eigenvalue weighted by atomic mass is 16.5. The number of nitrogens with zero attached hydrogens (tertiary/aromatic N) is 4. The summed E-state index contributed by atoms with van der Waals surface area (Å²) in [6.07, 6.45) is 1.86. The standard InChI is InChI=1S/C22H29N5O3/c1-14(2)9-10-19-12-20(22-25-24-16(4)30-22)26-27(19)18-8-6-7-17(11-18)21(28)23-15(3)13-29-5/h6-8,11-12,14-15H,9-10,13H2,1-5H3,(H,23,28)/t15-/m0/s1. The van der Waals surface area contributed by atoms with Crippen LogP contribution in [-0.4, -0.2) is 45.6 Å². The van der Waals surface area contributed by atoms with Gasteiger partial charge in [-0.1, -0.05) is 19.9 Å². The average Bonchev–Trinajstić information content (AvgIpc) is 3.33. The molecule has 0 bridgehead atoms. The van der Waals surface area contributed by atoms with Gasteiger partial charge in [-0.2, -0.15) is 5.10 Å². The van der Waals surface area contributed by atoms with E-state index < -0.39 is 0 Å². The Balaban J connectivity index is 1.93. The monoisotopic (exact) mass is 411 g/mol.